The van der Waals surface area contributed by atoms with Gasteiger partial charge in [0.15, 0.2) is 11.9 Å². The van der Waals surface area contributed by atoms with Gasteiger partial charge in [0.1, 0.15) is 11.5 Å². The smallest absolute Gasteiger partial charge is 0.263 e. The Morgan fingerprint density at radius 2 is 1.67 bits per heavy atom. The zero-order valence-corrected chi connectivity index (χ0v) is 19.6. The Morgan fingerprint density at radius 3 is 2.30 bits per heavy atom. The predicted molar refractivity (Wildman–Crippen MR) is 129 cm³/mol. The van der Waals surface area contributed by atoms with Crippen LogP contribution in [0.5, 0.6) is 11.5 Å². The molecule has 0 aliphatic carbocycles. The lowest BCUT2D eigenvalue weighted by Crippen LogP contribution is -2.52. The first-order valence-electron chi connectivity index (χ1n) is 11.2. The van der Waals surface area contributed by atoms with Crippen molar-refractivity contribution in [2.24, 2.45) is 0 Å². The lowest BCUT2D eigenvalue weighted by Gasteiger charge is -2.36. The quantitative estimate of drug-likeness (QED) is 0.572. The van der Waals surface area contributed by atoms with Gasteiger partial charge in [0.2, 0.25) is 0 Å². The summed E-state index contributed by atoms with van der Waals surface area (Å²) in [5, 5.41) is 8.81. The Morgan fingerprint density at radius 1 is 0.939 bits per heavy atom. The minimum atomic E-state index is -0.527. The number of anilines is 1. The van der Waals surface area contributed by atoms with Crippen molar-refractivity contribution in [3.63, 3.8) is 0 Å². The number of benzene rings is 2. The Hall–Kier alpha value is -3.61. The van der Waals surface area contributed by atoms with E-state index in [0.29, 0.717) is 26.2 Å². The maximum absolute atomic E-state index is 12.9. The lowest BCUT2D eigenvalue weighted by molar-refractivity contribution is -0.138. The van der Waals surface area contributed by atoms with Gasteiger partial charge in [-0.25, -0.2) is 0 Å². The Bertz CT molecular complexity index is 1090. The molecule has 1 amide bonds. The van der Waals surface area contributed by atoms with Crippen LogP contribution in [0.3, 0.4) is 0 Å². The molecule has 1 saturated heterocycles. The van der Waals surface area contributed by atoms with Crippen molar-refractivity contribution < 1.29 is 14.3 Å². The summed E-state index contributed by atoms with van der Waals surface area (Å²) in [5.41, 5.74) is 3.94. The Labute approximate surface area is 195 Å². The predicted octanol–water partition coefficient (Wildman–Crippen LogP) is 3.89. The highest BCUT2D eigenvalue weighted by atomic mass is 16.5. The largest absolute Gasteiger partial charge is 0.497 e. The molecule has 0 saturated carbocycles. The van der Waals surface area contributed by atoms with Crippen molar-refractivity contribution in [1.29, 1.82) is 0 Å². The summed E-state index contributed by atoms with van der Waals surface area (Å²) in [5.74, 6) is 2.40. The first-order chi connectivity index (χ1) is 15.9. The third-order valence-electron chi connectivity index (χ3n) is 5.95. The van der Waals surface area contributed by atoms with Crippen molar-refractivity contribution in [2.75, 3.05) is 38.2 Å². The molecule has 1 fully saturated rings. The normalized spacial score (nSPS) is 14.7. The van der Waals surface area contributed by atoms with E-state index in [-0.39, 0.29) is 5.91 Å². The fourth-order valence-corrected chi connectivity index (χ4v) is 3.90. The van der Waals surface area contributed by atoms with Gasteiger partial charge in [0.25, 0.3) is 5.91 Å². The highest BCUT2D eigenvalue weighted by Gasteiger charge is 2.27. The van der Waals surface area contributed by atoms with Crippen molar-refractivity contribution in [2.45, 2.75) is 26.9 Å². The van der Waals surface area contributed by atoms with Crippen LogP contribution in [-0.2, 0) is 4.79 Å². The molecule has 1 atom stereocenters. The van der Waals surface area contributed by atoms with Crippen LogP contribution < -0.4 is 14.4 Å². The van der Waals surface area contributed by atoms with Gasteiger partial charge < -0.3 is 19.3 Å². The van der Waals surface area contributed by atoms with Gasteiger partial charge in [-0.3, -0.25) is 4.79 Å². The summed E-state index contributed by atoms with van der Waals surface area (Å²) in [6.07, 6.45) is -0.527. The van der Waals surface area contributed by atoms with Crippen molar-refractivity contribution in [3.05, 3.63) is 65.7 Å². The second-order valence-corrected chi connectivity index (χ2v) is 8.35. The van der Waals surface area contributed by atoms with Crippen LogP contribution >= 0.6 is 0 Å². The van der Waals surface area contributed by atoms with E-state index in [4.69, 9.17) is 9.47 Å². The molecule has 2 aromatic carbocycles. The number of aryl methyl sites for hydroxylation is 2. The molecular weight excluding hydrogens is 416 g/mol. The number of hydrogen-bond acceptors (Lipinski definition) is 6. The maximum atomic E-state index is 12.9. The summed E-state index contributed by atoms with van der Waals surface area (Å²) in [6, 6.07) is 17.7. The second kappa shape index (κ2) is 9.90. The Kier molecular flexibility index (Phi) is 6.77. The van der Waals surface area contributed by atoms with Crippen molar-refractivity contribution >= 4 is 11.7 Å². The first-order valence-corrected chi connectivity index (χ1v) is 11.2. The molecule has 7 heteroatoms. The van der Waals surface area contributed by atoms with Crippen LogP contribution in [0.25, 0.3) is 11.3 Å². The van der Waals surface area contributed by atoms with E-state index >= 15 is 0 Å². The molecule has 0 spiro atoms. The van der Waals surface area contributed by atoms with Gasteiger partial charge in [-0.2, -0.15) is 0 Å². The Balaban J connectivity index is 1.33. The zero-order valence-electron chi connectivity index (χ0n) is 19.6. The number of piperazine rings is 1. The number of ether oxygens (including phenoxy) is 2. The molecule has 1 unspecified atom stereocenters. The molecular formula is C26H30N4O3. The topological polar surface area (TPSA) is 67.8 Å². The van der Waals surface area contributed by atoms with E-state index < -0.39 is 6.10 Å². The molecule has 33 heavy (non-hydrogen) atoms. The minimum absolute atomic E-state index is 0.0106. The fourth-order valence-electron chi connectivity index (χ4n) is 3.90. The van der Waals surface area contributed by atoms with Gasteiger partial charge in [-0.15, -0.1) is 10.2 Å². The number of hydrogen-bond donors (Lipinski definition) is 0. The van der Waals surface area contributed by atoms with Gasteiger partial charge >= 0.3 is 0 Å². The summed E-state index contributed by atoms with van der Waals surface area (Å²) in [4.78, 5) is 17.0. The third kappa shape index (κ3) is 5.25. The van der Waals surface area contributed by atoms with Crippen molar-refractivity contribution in [3.8, 4) is 22.8 Å². The van der Waals surface area contributed by atoms with E-state index in [1.807, 2.05) is 80.3 Å². The fraction of sp³-hybridized carbons (Fsp3) is 0.346. The number of carbonyl (C=O) groups excluding carboxylic acids is 1. The van der Waals surface area contributed by atoms with Gasteiger partial charge in [-0.05, 0) is 74.4 Å². The molecule has 7 nitrogen and oxygen atoms in total. The standard InChI is InChI=1S/C26H30N4O3/c1-18-5-6-19(2)24(17-18)33-20(3)26(31)30-15-13-29(14-16-30)25-12-11-23(27-28-25)21-7-9-22(32-4)10-8-21/h5-12,17,20H,13-16H2,1-4H3. The molecule has 0 radical (unpaired) electrons. The lowest BCUT2D eigenvalue weighted by atomic mass is 10.1. The number of carbonyl (C=O) groups is 1. The molecule has 2 heterocycles. The molecule has 1 aromatic heterocycles. The van der Waals surface area contributed by atoms with Crippen LogP contribution in [0, 0.1) is 13.8 Å². The number of nitrogens with zero attached hydrogens (tertiary/aromatic N) is 4. The van der Waals surface area contributed by atoms with E-state index in [1.54, 1.807) is 7.11 Å². The van der Waals surface area contributed by atoms with E-state index in [9.17, 15) is 4.79 Å². The summed E-state index contributed by atoms with van der Waals surface area (Å²) in [7, 11) is 1.65. The summed E-state index contributed by atoms with van der Waals surface area (Å²) < 4.78 is 11.2. The zero-order chi connectivity index (χ0) is 23.4. The van der Waals surface area contributed by atoms with Crippen molar-refractivity contribution in [1.82, 2.24) is 15.1 Å². The van der Waals surface area contributed by atoms with Gasteiger partial charge in [-0.1, -0.05) is 12.1 Å². The highest BCUT2D eigenvalue weighted by molar-refractivity contribution is 5.81. The van der Waals surface area contributed by atoms with Crippen LogP contribution in [-0.4, -0.2) is 60.4 Å². The molecule has 1 aliphatic heterocycles. The molecule has 1 aliphatic rings. The van der Waals surface area contributed by atoms with Gasteiger partial charge in [0.05, 0.1) is 12.8 Å². The van der Waals surface area contributed by atoms with Crippen LogP contribution in [0.4, 0.5) is 5.82 Å². The molecule has 0 N–H and O–H groups in total. The number of aromatic nitrogens is 2. The minimum Gasteiger partial charge on any atom is -0.497 e. The summed E-state index contributed by atoms with van der Waals surface area (Å²) >= 11 is 0. The van der Waals surface area contributed by atoms with Crippen LogP contribution in [0.2, 0.25) is 0 Å². The third-order valence-corrected chi connectivity index (χ3v) is 5.95. The molecule has 4 rings (SSSR count). The monoisotopic (exact) mass is 446 g/mol. The molecule has 172 valence electrons. The first kappa shape index (κ1) is 22.6. The highest BCUT2D eigenvalue weighted by Crippen LogP contribution is 2.23. The van der Waals surface area contributed by atoms with Crippen LogP contribution in [0.15, 0.2) is 54.6 Å². The second-order valence-electron chi connectivity index (χ2n) is 8.35. The van der Waals surface area contributed by atoms with E-state index in [1.165, 1.54) is 0 Å². The van der Waals surface area contributed by atoms with E-state index in [2.05, 4.69) is 15.1 Å². The molecule has 3 aromatic rings. The number of rotatable bonds is 6. The number of amides is 1. The SMILES string of the molecule is COc1ccc(-c2ccc(N3CCN(C(=O)C(C)Oc4cc(C)ccc4C)CC3)nn2)cc1. The average molecular weight is 447 g/mol. The molecule has 0 bridgehead atoms. The average Bonchev–Trinajstić information content (AvgIpc) is 2.86. The van der Waals surface area contributed by atoms with Gasteiger partial charge in [0, 0.05) is 31.7 Å². The van der Waals surface area contributed by atoms with E-state index in [0.717, 1.165) is 39.7 Å². The number of methoxy groups -OCH3 is 1. The summed E-state index contributed by atoms with van der Waals surface area (Å²) in [6.45, 7) is 8.50. The maximum Gasteiger partial charge on any atom is 0.263 e. The van der Waals surface area contributed by atoms with Crippen LogP contribution in [0.1, 0.15) is 18.1 Å².